The summed E-state index contributed by atoms with van der Waals surface area (Å²) in [4.78, 5) is 16.2. The number of piperidine rings is 1. The molecule has 3 rings (SSSR count). The summed E-state index contributed by atoms with van der Waals surface area (Å²) < 4.78 is 0. The van der Waals surface area contributed by atoms with E-state index in [2.05, 4.69) is 31.8 Å². The van der Waals surface area contributed by atoms with Crippen LogP contribution in [0.25, 0.3) is 0 Å². The molecule has 2 aliphatic rings. The first-order valence-electron chi connectivity index (χ1n) is 8.31. The van der Waals surface area contributed by atoms with Crippen LogP contribution in [0.3, 0.4) is 0 Å². The molecule has 3 N–H and O–H groups in total. The minimum absolute atomic E-state index is 0.0500. The predicted molar refractivity (Wildman–Crippen MR) is 86.3 cm³/mol. The second-order valence-corrected chi connectivity index (χ2v) is 6.04. The van der Waals surface area contributed by atoms with Crippen LogP contribution in [0.5, 0.6) is 0 Å². The summed E-state index contributed by atoms with van der Waals surface area (Å²) in [5.41, 5.74) is 1.16. The summed E-state index contributed by atoms with van der Waals surface area (Å²) in [6, 6.07) is 2.21. The Morgan fingerprint density at radius 2 is 2.23 bits per heavy atom. The SMILES string of the molecule is CCNC(=O)N1CCCC(c2cc(N3CCNCC3)n[nH]2)C1. The van der Waals surface area contributed by atoms with E-state index in [0.29, 0.717) is 12.5 Å². The Hall–Kier alpha value is -1.76. The van der Waals surface area contributed by atoms with Crippen LogP contribution < -0.4 is 15.5 Å². The Morgan fingerprint density at radius 1 is 1.41 bits per heavy atom. The van der Waals surface area contributed by atoms with Gasteiger partial charge < -0.3 is 20.4 Å². The number of amides is 2. The molecule has 2 aliphatic heterocycles. The van der Waals surface area contributed by atoms with Gasteiger partial charge >= 0.3 is 6.03 Å². The molecule has 1 aromatic heterocycles. The Balaban J connectivity index is 1.63. The van der Waals surface area contributed by atoms with Crippen molar-refractivity contribution >= 4 is 11.8 Å². The molecule has 0 bridgehead atoms. The molecular weight excluding hydrogens is 280 g/mol. The number of carbonyl (C=O) groups is 1. The van der Waals surface area contributed by atoms with Gasteiger partial charge in [0.1, 0.15) is 0 Å². The van der Waals surface area contributed by atoms with Crippen LogP contribution in [0.4, 0.5) is 10.6 Å². The molecule has 3 heterocycles. The summed E-state index contributed by atoms with van der Waals surface area (Å²) in [5, 5.41) is 13.9. The Bertz CT molecular complexity index is 496. The number of anilines is 1. The first-order chi connectivity index (χ1) is 10.8. The van der Waals surface area contributed by atoms with E-state index in [1.807, 2.05) is 11.8 Å². The zero-order valence-corrected chi connectivity index (χ0v) is 13.3. The van der Waals surface area contributed by atoms with Gasteiger partial charge in [0.15, 0.2) is 5.82 Å². The summed E-state index contributed by atoms with van der Waals surface area (Å²) in [5.74, 6) is 1.40. The lowest BCUT2D eigenvalue weighted by molar-refractivity contribution is 0.179. The number of hydrogen-bond acceptors (Lipinski definition) is 4. The number of likely N-dealkylation sites (tertiary alicyclic amines) is 1. The van der Waals surface area contributed by atoms with Gasteiger partial charge in [-0.2, -0.15) is 5.10 Å². The molecule has 1 atom stereocenters. The fourth-order valence-corrected chi connectivity index (χ4v) is 3.27. The number of urea groups is 1. The van der Waals surface area contributed by atoms with E-state index in [0.717, 1.165) is 63.6 Å². The quantitative estimate of drug-likeness (QED) is 0.769. The van der Waals surface area contributed by atoms with Crippen LogP contribution in [0, 0.1) is 0 Å². The largest absolute Gasteiger partial charge is 0.353 e. The molecule has 0 aromatic carbocycles. The first kappa shape index (κ1) is 15.1. The summed E-state index contributed by atoms with van der Waals surface area (Å²) in [6.45, 7) is 8.27. The van der Waals surface area contributed by atoms with Gasteiger partial charge in [-0.25, -0.2) is 4.79 Å². The summed E-state index contributed by atoms with van der Waals surface area (Å²) in [6.07, 6.45) is 2.16. The maximum Gasteiger partial charge on any atom is 0.317 e. The van der Waals surface area contributed by atoms with E-state index in [4.69, 9.17) is 0 Å². The molecule has 2 amide bonds. The molecule has 7 nitrogen and oxygen atoms in total. The van der Waals surface area contributed by atoms with Crippen LogP contribution >= 0.6 is 0 Å². The number of rotatable bonds is 3. The number of carbonyl (C=O) groups excluding carboxylic acids is 1. The van der Waals surface area contributed by atoms with Crippen molar-refractivity contribution in [1.29, 1.82) is 0 Å². The van der Waals surface area contributed by atoms with Crippen LogP contribution in [-0.2, 0) is 0 Å². The lowest BCUT2D eigenvalue weighted by Crippen LogP contribution is -2.45. The number of aromatic amines is 1. The maximum absolute atomic E-state index is 12.0. The average molecular weight is 306 g/mol. The highest BCUT2D eigenvalue weighted by Crippen LogP contribution is 2.27. The van der Waals surface area contributed by atoms with Crippen LogP contribution in [0.15, 0.2) is 6.07 Å². The molecule has 22 heavy (non-hydrogen) atoms. The first-order valence-corrected chi connectivity index (χ1v) is 8.31. The van der Waals surface area contributed by atoms with Crippen molar-refractivity contribution in [2.75, 3.05) is 50.7 Å². The zero-order valence-electron chi connectivity index (χ0n) is 13.3. The van der Waals surface area contributed by atoms with E-state index in [9.17, 15) is 4.79 Å². The maximum atomic E-state index is 12.0. The van der Waals surface area contributed by atoms with Crippen molar-refractivity contribution in [3.8, 4) is 0 Å². The van der Waals surface area contributed by atoms with Gasteiger partial charge in [0, 0.05) is 63.5 Å². The van der Waals surface area contributed by atoms with Crippen molar-refractivity contribution in [2.24, 2.45) is 0 Å². The third-order valence-electron chi connectivity index (χ3n) is 4.50. The van der Waals surface area contributed by atoms with Crippen LogP contribution in [0.2, 0.25) is 0 Å². The minimum Gasteiger partial charge on any atom is -0.353 e. The van der Waals surface area contributed by atoms with Gasteiger partial charge in [0.05, 0.1) is 0 Å². The van der Waals surface area contributed by atoms with E-state index >= 15 is 0 Å². The van der Waals surface area contributed by atoms with Crippen molar-refractivity contribution in [3.63, 3.8) is 0 Å². The van der Waals surface area contributed by atoms with E-state index in [1.165, 1.54) is 0 Å². The number of hydrogen-bond donors (Lipinski definition) is 3. The van der Waals surface area contributed by atoms with Crippen molar-refractivity contribution in [1.82, 2.24) is 25.7 Å². The number of piperazine rings is 1. The molecular formula is C15H26N6O. The van der Waals surface area contributed by atoms with Crippen molar-refractivity contribution in [3.05, 3.63) is 11.8 Å². The number of H-pyrrole nitrogens is 1. The Labute approximate surface area is 131 Å². The van der Waals surface area contributed by atoms with Gasteiger partial charge in [0.25, 0.3) is 0 Å². The van der Waals surface area contributed by atoms with Gasteiger partial charge in [-0.05, 0) is 19.8 Å². The monoisotopic (exact) mass is 306 g/mol. The fraction of sp³-hybridized carbons (Fsp3) is 0.733. The molecule has 0 radical (unpaired) electrons. The van der Waals surface area contributed by atoms with Crippen LogP contribution in [-0.4, -0.2) is 66.9 Å². The topological polar surface area (TPSA) is 76.3 Å². The number of nitrogens with zero attached hydrogens (tertiary/aromatic N) is 3. The second kappa shape index (κ2) is 7.00. The number of aromatic nitrogens is 2. The van der Waals surface area contributed by atoms with Gasteiger partial charge in [-0.3, -0.25) is 5.10 Å². The molecule has 0 saturated carbocycles. The standard InChI is InChI=1S/C15H26N6O/c1-2-17-15(22)21-7-3-4-12(11-21)13-10-14(19-18-13)20-8-5-16-6-9-20/h10,12,16H,2-9,11H2,1H3,(H,17,22)(H,18,19). The smallest absolute Gasteiger partial charge is 0.317 e. The fourth-order valence-electron chi connectivity index (χ4n) is 3.27. The molecule has 122 valence electrons. The number of nitrogens with one attached hydrogen (secondary N) is 3. The van der Waals surface area contributed by atoms with Gasteiger partial charge in [-0.15, -0.1) is 0 Å². The highest BCUT2D eigenvalue weighted by molar-refractivity contribution is 5.74. The molecule has 2 saturated heterocycles. The minimum atomic E-state index is 0.0500. The highest BCUT2D eigenvalue weighted by Gasteiger charge is 2.26. The summed E-state index contributed by atoms with van der Waals surface area (Å²) in [7, 11) is 0. The second-order valence-electron chi connectivity index (χ2n) is 6.04. The average Bonchev–Trinajstić information content (AvgIpc) is 3.06. The predicted octanol–water partition coefficient (Wildman–Crippen LogP) is 0.728. The third-order valence-corrected chi connectivity index (χ3v) is 4.50. The van der Waals surface area contributed by atoms with Gasteiger partial charge in [0.2, 0.25) is 0 Å². The molecule has 0 spiro atoms. The molecule has 1 unspecified atom stereocenters. The summed E-state index contributed by atoms with van der Waals surface area (Å²) >= 11 is 0. The Morgan fingerprint density at radius 3 is 3.00 bits per heavy atom. The Kier molecular flexibility index (Phi) is 4.82. The van der Waals surface area contributed by atoms with Crippen LogP contribution in [0.1, 0.15) is 31.4 Å². The van der Waals surface area contributed by atoms with E-state index < -0.39 is 0 Å². The normalized spacial score (nSPS) is 22.7. The highest BCUT2D eigenvalue weighted by atomic mass is 16.2. The molecule has 2 fully saturated rings. The van der Waals surface area contributed by atoms with Gasteiger partial charge in [-0.1, -0.05) is 0 Å². The van der Waals surface area contributed by atoms with Crippen molar-refractivity contribution < 1.29 is 4.79 Å². The molecule has 1 aromatic rings. The van der Waals surface area contributed by atoms with E-state index in [1.54, 1.807) is 0 Å². The molecule has 0 aliphatic carbocycles. The molecule has 7 heteroatoms. The lowest BCUT2D eigenvalue weighted by atomic mass is 9.95. The van der Waals surface area contributed by atoms with E-state index in [-0.39, 0.29) is 6.03 Å². The third kappa shape index (κ3) is 3.35. The lowest BCUT2D eigenvalue weighted by Gasteiger charge is -2.32. The van der Waals surface area contributed by atoms with Crippen molar-refractivity contribution in [2.45, 2.75) is 25.7 Å². The zero-order chi connectivity index (χ0) is 15.4.